The van der Waals surface area contributed by atoms with E-state index in [1.807, 2.05) is 0 Å². The van der Waals surface area contributed by atoms with Crippen LogP contribution in [0.1, 0.15) is 65.0 Å². The maximum Gasteiger partial charge on any atom is 0.231 e. The van der Waals surface area contributed by atoms with E-state index in [-0.39, 0.29) is 11.9 Å². The van der Waals surface area contributed by atoms with Crippen molar-refractivity contribution >= 4 is 21.8 Å². The summed E-state index contributed by atoms with van der Waals surface area (Å²) in [6.45, 7) is 13.7. The Morgan fingerprint density at radius 3 is 2.59 bits per heavy atom. The van der Waals surface area contributed by atoms with Gasteiger partial charge in [-0.2, -0.15) is 0 Å². The standard InChI is InChI=1S/C24H36BrNO3/c1-15(2)12-24-14-23(6,22(27)26(24)20(13-29-24)16(3)4)9-8-18-19(25)10-17(5)11-21(18)28-7/h10-11,15-16,20H,8-9,12-14H2,1-7H3/t20-,23+,24-/m1/s1. The molecule has 0 bridgehead atoms. The first-order valence-corrected chi connectivity index (χ1v) is 11.6. The van der Waals surface area contributed by atoms with E-state index in [1.165, 1.54) is 0 Å². The number of rotatable bonds is 7. The second-order valence-electron chi connectivity index (χ2n) is 10.0. The minimum Gasteiger partial charge on any atom is -0.496 e. The molecule has 2 fully saturated rings. The smallest absolute Gasteiger partial charge is 0.231 e. The van der Waals surface area contributed by atoms with Crippen molar-refractivity contribution in [3.05, 3.63) is 27.7 Å². The number of aryl methyl sites for hydroxylation is 1. The second kappa shape index (κ2) is 8.22. The summed E-state index contributed by atoms with van der Waals surface area (Å²) >= 11 is 3.70. The average molecular weight is 466 g/mol. The second-order valence-corrected chi connectivity index (χ2v) is 10.9. The van der Waals surface area contributed by atoms with Gasteiger partial charge in [0.2, 0.25) is 5.91 Å². The van der Waals surface area contributed by atoms with Gasteiger partial charge < -0.3 is 14.4 Å². The summed E-state index contributed by atoms with van der Waals surface area (Å²) in [5.74, 6) is 2.02. The van der Waals surface area contributed by atoms with E-state index in [1.54, 1.807) is 7.11 Å². The van der Waals surface area contributed by atoms with Gasteiger partial charge in [-0.15, -0.1) is 0 Å². The van der Waals surface area contributed by atoms with E-state index in [0.29, 0.717) is 18.4 Å². The Morgan fingerprint density at radius 2 is 2.00 bits per heavy atom. The number of fused-ring (bicyclic) bond motifs is 1. The molecule has 3 rings (SSSR count). The number of methoxy groups -OCH3 is 1. The van der Waals surface area contributed by atoms with Crippen LogP contribution in [0.25, 0.3) is 0 Å². The molecular weight excluding hydrogens is 430 g/mol. The zero-order chi connectivity index (χ0) is 21.6. The number of carbonyl (C=O) groups is 1. The first kappa shape index (κ1) is 22.6. The van der Waals surface area contributed by atoms with Crippen LogP contribution in [-0.2, 0) is 16.0 Å². The number of benzene rings is 1. The van der Waals surface area contributed by atoms with Crippen molar-refractivity contribution in [1.29, 1.82) is 0 Å². The largest absolute Gasteiger partial charge is 0.496 e. The maximum atomic E-state index is 13.7. The lowest BCUT2D eigenvalue weighted by Crippen LogP contribution is -2.48. The molecule has 0 spiro atoms. The fraction of sp³-hybridized carbons (Fsp3) is 0.708. The minimum absolute atomic E-state index is 0.170. The molecule has 1 aromatic rings. The molecule has 0 saturated carbocycles. The number of amides is 1. The van der Waals surface area contributed by atoms with Gasteiger partial charge in [-0.05, 0) is 55.7 Å². The molecule has 1 aromatic carbocycles. The Labute approximate surface area is 184 Å². The number of carbonyl (C=O) groups excluding carboxylic acids is 1. The predicted molar refractivity (Wildman–Crippen MR) is 120 cm³/mol. The molecule has 5 heteroatoms. The Hall–Kier alpha value is -1.07. The quantitative estimate of drug-likeness (QED) is 0.515. The Kier molecular flexibility index (Phi) is 6.41. The molecule has 0 radical (unpaired) electrons. The van der Waals surface area contributed by atoms with Crippen molar-refractivity contribution in [3.63, 3.8) is 0 Å². The van der Waals surface area contributed by atoms with Crippen molar-refractivity contribution in [2.24, 2.45) is 17.3 Å². The zero-order valence-electron chi connectivity index (χ0n) is 19.0. The van der Waals surface area contributed by atoms with Crippen LogP contribution in [0.4, 0.5) is 0 Å². The number of halogens is 1. The summed E-state index contributed by atoms with van der Waals surface area (Å²) in [6, 6.07) is 4.35. The minimum atomic E-state index is -0.441. The fourth-order valence-electron chi connectivity index (χ4n) is 5.25. The van der Waals surface area contributed by atoms with Crippen molar-refractivity contribution in [3.8, 4) is 5.75 Å². The average Bonchev–Trinajstić information content (AvgIpc) is 3.05. The van der Waals surface area contributed by atoms with Crippen molar-refractivity contribution < 1.29 is 14.3 Å². The highest BCUT2D eigenvalue weighted by Crippen LogP contribution is 2.53. The van der Waals surface area contributed by atoms with Gasteiger partial charge in [-0.1, -0.05) is 50.5 Å². The molecule has 0 aliphatic carbocycles. The highest BCUT2D eigenvalue weighted by atomic mass is 79.9. The third-order valence-corrected chi connectivity index (χ3v) is 7.34. The molecule has 4 nitrogen and oxygen atoms in total. The summed E-state index contributed by atoms with van der Waals surface area (Å²) in [7, 11) is 1.71. The highest BCUT2D eigenvalue weighted by molar-refractivity contribution is 9.10. The van der Waals surface area contributed by atoms with Gasteiger partial charge in [-0.25, -0.2) is 0 Å². The van der Waals surface area contributed by atoms with Crippen molar-refractivity contribution in [1.82, 2.24) is 4.90 Å². The number of nitrogens with zero attached hydrogens (tertiary/aromatic N) is 1. The van der Waals surface area contributed by atoms with E-state index in [2.05, 4.69) is 74.5 Å². The SMILES string of the molecule is COc1cc(C)cc(Br)c1CC[C@@]1(C)C[C@@]2(CC(C)C)OC[C@H](C(C)C)N2C1=O. The molecule has 29 heavy (non-hydrogen) atoms. The van der Waals surface area contributed by atoms with Gasteiger partial charge in [-0.3, -0.25) is 4.79 Å². The number of ether oxygens (including phenoxy) is 2. The van der Waals surface area contributed by atoms with Crippen LogP contribution in [0, 0.1) is 24.2 Å². The van der Waals surface area contributed by atoms with Gasteiger partial charge in [0.15, 0.2) is 0 Å². The lowest BCUT2D eigenvalue weighted by atomic mass is 9.79. The molecule has 1 amide bonds. The lowest BCUT2D eigenvalue weighted by molar-refractivity contribution is -0.144. The topological polar surface area (TPSA) is 38.8 Å². The third kappa shape index (κ3) is 4.10. The Bertz CT molecular complexity index is 778. The van der Waals surface area contributed by atoms with E-state index < -0.39 is 11.1 Å². The molecule has 162 valence electrons. The zero-order valence-corrected chi connectivity index (χ0v) is 20.6. The summed E-state index contributed by atoms with van der Waals surface area (Å²) in [5, 5.41) is 0. The number of hydrogen-bond acceptors (Lipinski definition) is 3. The molecule has 3 atom stereocenters. The van der Waals surface area contributed by atoms with Crippen LogP contribution in [0.15, 0.2) is 16.6 Å². The third-order valence-electron chi connectivity index (χ3n) is 6.64. The molecule has 0 N–H and O–H groups in total. The highest BCUT2D eigenvalue weighted by Gasteiger charge is 2.63. The summed E-state index contributed by atoms with van der Waals surface area (Å²) in [6.07, 6.45) is 3.25. The van der Waals surface area contributed by atoms with E-state index in [4.69, 9.17) is 9.47 Å². The molecule has 2 saturated heterocycles. The molecule has 2 aliphatic heterocycles. The summed E-state index contributed by atoms with van der Waals surface area (Å²) in [4.78, 5) is 15.9. The van der Waals surface area contributed by atoms with Gasteiger partial charge in [0.05, 0.1) is 25.2 Å². The fourth-order valence-corrected chi connectivity index (χ4v) is 6.01. The van der Waals surface area contributed by atoms with Crippen LogP contribution in [0.5, 0.6) is 5.75 Å². The van der Waals surface area contributed by atoms with Crippen molar-refractivity contribution in [2.45, 2.75) is 79.0 Å². The van der Waals surface area contributed by atoms with Crippen LogP contribution in [-0.4, -0.2) is 36.3 Å². The van der Waals surface area contributed by atoms with Crippen molar-refractivity contribution in [2.75, 3.05) is 13.7 Å². The summed E-state index contributed by atoms with van der Waals surface area (Å²) < 4.78 is 13.1. The van der Waals surface area contributed by atoms with Gasteiger partial charge >= 0.3 is 0 Å². The number of hydrogen-bond donors (Lipinski definition) is 0. The first-order chi connectivity index (χ1) is 13.5. The Balaban J connectivity index is 1.88. The van der Waals surface area contributed by atoms with Gasteiger partial charge in [0, 0.05) is 16.5 Å². The predicted octanol–water partition coefficient (Wildman–Crippen LogP) is 5.73. The van der Waals surface area contributed by atoms with E-state index in [0.717, 1.165) is 47.0 Å². The lowest BCUT2D eigenvalue weighted by Gasteiger charge is -2.35. The molecule has 0 aromatic heterocycles. The Morgan fingerprint density at radius 1 is 1.31 bits per heavy atom. The van der Waals surface area contributed by atoms with Crippen LogP contribution < -0.4 is 4.74 Å². The maximum absolute atomic E-state index is 13.7. The van der Waals surface area contributed by atoms with Crippen LogP contribution in [0.2, 0.25) is 0 Å². The molecular formula is C24H36BrNO3. The van der Waals surface area contributed by atoms with Gasteiger partial charge in [0.1, 0.15) is 11.5 Å². The molecule has 0 unspecified atom stereocenters. The molecule has 2 heterocycles. The monoisotopic (exact) mass is 465 g/mol. The van der Waals surface area contributed by atoms with Gasteiger partial charge in [0.25, 0.3) is 0 Å². The van der Waals surface area contributed by atoms with E-state index >= 15 is 0 Å². The first-order valence-electron chi connectivity index (χ1n) is 10.8. The molecule has 2 aliphatic rings. The normalized spacial score (nSPS) is 29.2. The summed E-state index contributed by atoms with van der Waals surface area (Å²) in [5.41, 5.74) is 1.44. The van der Waals surface area contributed by atoms with Crippen LogP contribution in [0.3, 0.4) is 0 Å². The van der Waals surface area contributed by atoms with E-state index in [9.17, 15) is 4.79 Å². The van der Waals surface area contributed by atoms with Crippen LogP contribution >= 0.6 is 15.9 Å².